The molecule has 2 heterocycles. The van der Waals surface area contributed by atoms with E-state index in [4.69, 9.17) is 9.47 Å². The van der Waals surface area contributed by atoms with Crippen molar-refractivity contribution in [3.05, 3.63) is 64.8 Å². The molecular weight excluding hydrogens is 455 g/mol. The molecule has 170 valence electrons. The molecule has 0 spiro atoms. The Balaban J connectivity index is 1.49. The Bertz CT molecular complexity index is 1190. The van der Waals surface area contributed by atoms with Gasteiger partial charge in [0, 0.05) is 35.3 Å². The quantitative estimate of drug-likeness (QED) is 0.538. The van der Waals surface area contributed by atoms with Crippen LogP contribution in [0.2, 0.25) is 0 Å². The number of carbonyl (C=O) groups is 1. The van der Waals surface area contributed by atoms with E-state index in [0.717, 1.165) is 11.3 Å². The van der Waals surface area contributed by atoms with Crippen molar-refractivity contribution in [1.82, 2.24) is 9.62 Å². The van der Waals surface area contributed by atoms with Crippen LogP contribution in [0.4, 0.5) is 4.39 Å². The van der Waals surface area contributed by atoms with Crippen LogP contribution in [0, 0.1) is 5.82 Å². The predicted octanol–water partition coefficient (Wildman–Crippen LogP) is 3.01. The van der Waals surface area contributed by atoms with Gasteiger partial charge < -0.3 is 14.8 Å². The van der Waals surface area contributed by atoms with E-state index >= 15 is 0 Å². The maximum absolute atomic E-state index is 14.6. The minimum Gasteiger partial charge on any atom is -0.489 e. The molecule has 3 aromatic rings. The van der Waals surface area contributed by atoms with Gasteiger partial charge in [-0.3, -0.25) is 4.79 Å². The average molecular weight is 479 g/mol. The molecule has 1 amide bonds. The Labute approximate surface area is 189 Å². The Morgan fingerprint density at radius 1 is 1.12 bits per heavy atom. The number of benzene rings is 2. The number of nitrogens with zero attached hydrogens (tertiary/aromatic N) is 1. The van der Waals surface area contributed by atoms with Gasteiger partial charge in [0.25, 0.3) is 5.91 Å². The molecule has 0 atom stereocenters. The van der Waals surface area contributed by atoms with Gasteiger partial charge in [-0.25, -0.2) is 12.8 Å². The topological polar surface area (TPSA) is 84.9 Å². The van der Waals surface area contributed by atoms with Crippen LogP contribution < -0.4 is 10.1 Å². The van der Waals surface area contributed by atoms with Crippen LogP contribution in [0.3, 0.4) is 0 Å². The number of ether oxygens (including phenoxy) is 2. The fourth-order valence-electron chi connectivity index (χ4n) is 3.49. The molecule has 7 nitrogen and oxygen atoms in total. The van der Waals surface area contributed by atoms with Gasteiger partial charge >= 0.3 is 0 Å². The summed E-state index contributed by atoms with van der Waals surface area (Å²) in [5.41, 5.74) is 0.445. The van der Waals surface area contributed by atoms with Crippen molar-refractivity contribution in [2.24, 2.45) is 0 Å². The molecule has 0 aliphatic carbocycles. The van der Waals surface area contributed by atoms with Crippen molar-refractivity contribution in [2.45, 2.75) is 6.61 Å². The summed E-state index contributed by atoms with van der Waals surface area (Å²) >= 11 is 1.16. The lowest BCUT2D eigenvalue weighted by atomic mass is 10.1. The molecule has 4 rings (SSSR count). The standard InChI is InChI=1S/C22H23FN2O5S2/c23-18-7-4-8-19-20(18)17(15-30-16-5-2-1-3-6-16)21(31-19)22(26)24-9-14-32(27,28)25-10-12-29-13-11-25/h1-8H,9-15H2,(H,24,26). The van der Waals surface area contributed by atoms with Gasteiger partial charge in [0.1, 0.15) is 18.2 Å². The van der Waals surface area contributed by atoms with Crippen LogP contribution in [-0.4, -0.2) is 57.2 Å². The van der Waals surface area contributed by atoms with Crippen molar-refractivity contribution < 1.29 is 27.1 Å². The summed E-state index contributed by atoms with van der Waals surface area (Å²) in [6.45, 7) is 1.32. The number of fused-ring (bicyclic) bond motifs is 1. The lowest BCUT2D eigenvalue weighted by Gasteiger charge is -2.26. The van der Waals surface area contributed by atoms with Crippen molar-refractivity contribution in [3.8, 4) is 5.75 Å². The summed E-state index contributed by atoms with van der Waals surface area (Å²) in [4.78, 5) is 13.2. The zero-order valence-electron chi connectivity index (χ0n) is 17.3. The number of amides is 1. The number of hydrogen-bond acceptors (Lipinski definition) is 6. The number of sulfonamides is 1. The predicted molar refractivity (Wildman–Crippen MR) is 121 cm³/mol. The van der Waals surface area contributed by atoms with E-state index in [-0.39, 0.29) is 18.9 Å². The second kappa shape index (κ2) is 9.95. The first-order valence-electron chi connectivity index (χ1n) is 10.2. The van der Waals surface area contributed by atoms with Gasteiger partial charge in [-0.1, -0.05) is 24.3 Å². The van der Waals surface area contributed by atoms with Crippen molar-refractivity contribution in [2.75, 3.05) is 38.6 Å². The molecule has 1 aliphatic heterocycles. The molecule has 0 unspecified atom stereocenters. The molecular formula is C22H23FN2O5S2. The number of carbonyl (C=O) groups excluding carboxylic acids is 1. The first kappa shape index (κ1) is 22.7. The van der Waals surface area contributed by atoms with E-state index in [1.165, 1.54) is 10.4 Å². The summed E-state index contributed by atoms with van der Waals surface area (Å²) in [6, 6.07) is 13.7. The highest BCUT2D eigenvalue weighted by Gasteiger charge is 2.25. The molecule has 1 aliphatic rings. The number of morpholine rings is 1. The van der Waals surface area contributed by atoms with Crippen LogP contribution in [-0.2, 0) is 21.4 Å². The van der Waals surface area contributed by atoms with Gasteiger partial charge in [0.05, 0.1) is 23.8 Å². The number of rotatable bonds is 8. The van der Waals surface area contributed by atoms with Crippen LogP contribution in [0.1, 0.15) is 15.2 Å². The highest BCUT2D eigenvalue weighted by atomic mass is 32.2. The molecule has 0 saturated carbocycles. The number of thiophene rings is 1. The molecule has 0 radical (unpaired) electrons. The first-order valence-corrected chi connectivity index (χ1v) is 12.6. The summed E-state index contributed by atoms with van der Waals surface area (Å²) < 4.78 is 52.5. The van der Waals surface area contributed by atoms with E-state index in [1.807, 2.05) is 18.2 Å². The maximum atomic E-state index is 14.6. The van der Waals surface area contributed by atoms with Crippen molar-refractivity contribution in [3.63, 3.8) is 0 Å². The summed E-state index contributed by atoms with van der Waals surface area (Å²) in [5, 5.41) is 3.02. The van der Waals surface area contributed by atoms with Gasteiger partial charge in [-0.2, -0.15) is 4.31 Å². The summed E-state index contributed by atoms with van der Waals surface area (Å²) in [6.07, 6.45) is 0. The van der Waals surface area contributed by atoms with Crippen molar-refractivity contribution in [1.29, 1.82) is 0 Å². The number of para-hydroxylation sites is 1. The molecule has 10 heteroatoms. The molecule has 32 heavy (non-hydrogen) atoms. The zero-order chi connectivity index (χ0) is 22.6. The minimum absolute atomic E-state index is 0.0137. The lowest BCUT2D eigenvalue weighted by molar-refractivity contribution is 0.0730. The fraction of sp³-hybridized carbons (Fsp3) is 0.318. The smallest absolute Gasteiger partial charge is 0.261 e. The Morgan fingerprint density at radius 2 is 1.88 bits per heavy atom. The average Bonchev–Trinajstić information content (AvgIpc) is 3.19. The Hall–Kier alpha value is -2.53. The maximum Gasteiger partial charge on any atom is 0.261 e. The Morgan fingerprint density at radius 3 is 2.62 bits per heavy atom. The van der Waals surface area contributed by atoms with Crippen LogP contribution in [0.25, 0.3) is 10.1 Å². The van der Waals surface area contributed by atoms with Gasteiger partial charge in [0.2, 0.25) is 10.0 Å². The Kier molecular flexibility index (Phi) is 7.04. The van der Waals surface area contributed by atoms with Crippen LogP contribution in [0.15, 0.2) is 48.5 Å². The lowest BCUT2D eigenvalue weighted by Crippen LogP contribution is -2.43. The SMILES string of the molecule is O=C(NCCS(=O)(=O)N1CCOCC1)c1sc2cccc(F)c2c1COc1ccccc1. The van der Waals surface area contributed by atoms with E-state index in [2.05, 4.69) is 5.32 Å². The highest BCUT2D eigenvalue weighted by Crippen LogP contribution is 2.34. The fourth-order valence-corrected chi connectivity index (χ4v) is 5.95. The molecule has 1 N–H and O–H groups in total. The van der Waals surface area contributed by atoms with Crippen LogP contribution in [0.5, 0.6) is 5.75 Å². The van der Waals surface area contributed by atoms with E-state index in [1.54, 1.807) is 24.3 Å². The summed E-state index contributed by atoms with van der Waals surface area (Å²) in [7, 11) is -3.49. The monoisotopic (exact) mass is 478 g/mol. The largest absolute Gasteiger partial charge is 0.489 e. The summed E-state index contributed by atoms with van der Waals surface area (Å²) in [5.74, 6) is -0.492. The van der Waals surface area contributed by atoms with Crippen LogP contribution >= 0.6 is 11.3 Å². The van der Waals surface area contributed by atoms with E-state index < -0.39 is 21.7 Å². The first-order chi connectivity index (χ1) is 15.5. The van der Waals surface area contributed by atoms with Gasteiger partial charge in [-0.05, 0) is 24.3 Å². The second-order valence-electron chi connectivity index (χ2n) is 7.21. The zero-order valence-corrected chi connectivity index (χ0v) is 18.9. The molecule has 1 saturated heterocycles. The highest BCUT2D eigenvalue weighted by molar-refractivity contribution is 7.89. The van der Waals surface area contributed by atoms with E-state index in [0.29, 0.717) is 52.6 Å². The molecule has 2 aromatic carbocycles. The third kappa shape index (κ3) is 5.09. The molecule has 0 bridgehead atoms. The number of halogens is 1. The van der Waals surface area contributed by atoms with Gasteiger partial charge in [-0.15, -0.1) is 11.3 Å². The number of nitrogens with one attached hydrogen (secondary N) is 1. The molecule has 1 aromatic heterocycles. The number of hydrogen-bond donors (Lipinski definition) is 1. The van der Waals surface area contributed by atoms with E-state index in [9.17, 15) is 17.6 Å². The normalized spacial score (nSPS) is 15.0. The second-order valence-corrected chi connectivity index (χ2v) is 10.3. The van der Waals surface area contributed by atoms with Gasteiger partial charge in [0.15, 0.2) is 0 Å². The third-order valence-electron chi connectivity index (χ3n) is 5.10. The van der Waals surface area contributed by atoms with Crippen molar-refractivity contribution >= 4 is 37.4 Å². The minimum atomic E-state index is -3.49. The molecule has 1 fully saturated rings. The third-order valence-corrected chi connectivity index (χ3v) is 8.17.